The molecule has 0 N–H and O–H groups in total. The van der Waals surface area contributed by atoms with E-state index in [9.17, 15) is 0 Å². The molecule has 4 heteroatoms. The van der Waals surface area contributed by atoms with E-state index in [-0.39, 0.29) is 0 Å². The maximum Gasteiger partial charge on any atom is 0.166 e. The standard InChI is InChI=1S/C56H34N4/c1-3-18-36(19-4-1)53-57-54(37-20-5-2-6-21-37)59-55(58-53)51-38-22-8-7-17-35(38)31-34-49(51)60-48-30-16-12-25-41(48)42-32-33-47-50(52(42)60)43-26-11-15-29-46(43)56(47)44-27-13-9-23-39(44)40-24-10-14-28-45(40)56/h1-34H. The third-order valence-electron chi connectivity index (χ3n) is 12.9. The monoisotopic (exact) mass is 762 g/mol. The first kappa shape index (κ1) is 33.1. The Morgan fingerprint density at radius 2 is 0.850 bits per heavy atom. The van der Waals surface area contributed by atoms with Crippen LogP contribution in [0.5, 0.6) is 0 Å². The van der Waals surface area contributed by atoms with E-state index in [0.29, 0.717) is 17.5 Å². The Hall–Kier alpha value is -7.95. The van der Waals surface area contributed by atoms with E-state index in [1.54, 1.807) is 0 Å². The van der Waals surface area contributed by atoms with Gasteiger partial charge in [-0.2, -0.15) is 0 Å². The maximum absolute atomic E-state index is 5.36. The van der Waals surface area contributed by atoms with Crippen molar-refractivity contribution in [1.82, 2.24) is 19.5 Å². The summed E-state index contributed by atoms with van der Waals surface area (Å²) in [6, 6.07) is 74.3. The Morgan fingerprint density at radius 1 is 0.333 bits per heavy atom. The van der Waals surface area contributed by atoms with Gasteiger partial charge in [0, 0.05) is 27.5 Å². The van der Waals surface area contributed by atoms with E-state index in [1.807, 2.05) is 36.4 Å². The Bertz CT molecular complexity index is 3440. The second-order valence-corrected chi connectivity index (χ2v) is 15.8. The number of hydrogen-bond acceptors (Lipinski definition) is 3. The number of benzene rings is 9. The van der Waals surface area contributed by atoms with Gasteiger partial charge in [0.2, 0.25) is 0 Å². The van der Waals surface area contributed by atoms with Gasteiger partial charge in [-0.25, -0.2) is 15.0 Å². The highest BCUT2D eigenvalue weighted by Crippen LogP contribution is 2.64. The lowest BCUT2D eigenvalue weighted by molar-refractivity contribution is 0.794. The molecule has 2 aliphatic carbocycles. The molecule has 11 aromatic rings. The summed E-state index contributed by atoms with van der Waals surface area (Å²) in [5.74, 6) is 1.90. The van der Waals surface area contributed by atoms with E-state index in [2.05, 4.69) is 174 Å². The first-order chi connectivity index (χ1) is 29.8. The molecule has 2 heterocycles. The van der Waals surface area contributed by atoms with Crippen molar-refractivity contribution in [3.8, 4) is 62.1 Å². The highest BCUT2D eigenvalue weighted by molar-refractivity contribution is 6.17. The second kappa shape index (κ2) is 12.5. The number of hydrogen-bond donors (Lipinski definition) is 0. The molecule has 0 aliphatic heterocycles. The van der Waals surface area contributed by atoms with E-state index < -0.39 is 5.41 Å². The third-order valence-corrected chi connectivity index (χ3v) is 12.9. The van der Waals surface area contributed by atoms with Gasteiger partial charge in [0.25, 0.3) is 0 Å². The van der Waals surface area contributed by atoms with Crippen LogP contribution in [0.1, 0.15) is 22.3 Å². The van der Waals surface area contributed by atoms with Crippen LogP contribution in [0, 0.1) is 0 Å². The number of para-hydroxylation sites is 1. The van der Waals surface area contributed by atoms with Gasteiger partial charge in [0.1, 0.15) is 0 Å². The lowest BCUT2D eigenvalue weighted by atomic mass is 9.70. The molecule has 0 saturated carbocycles. The Balaban J connectivity index is 1.19. The lowest BCUT2D eigenvalue weighted by Gasteiger charge is -2.30. The van der Waals surface area contributed by atoms with Crippen molar-refractivity contribution in [2.75, 3.05) is 0 Å². The fraction of sp³-hybridized carbons (Fsp3) is 0.0179. The quantitative estimate of drug-likeness (QED) is 0.179. The molecule has 0 unspecified atom stereocenters. The van der Waals surface area contributed by atoms with Crippen LogP contribution in [0.15, 0.2) is 206 Å². The molecule has 0 radical (unpaired) electrons. The van der Waals surface area contributed by atoms with Crippen LogP contribution in [0.25, 0.3) is 94.7 Å². The predicted molar refractivity (Wildman–Crippen MR) is 244 cm³/mol. The summed E-state index contributed by atoms with van der Waals surface area (Å²) in [6.07, 6.45) is 0. The third kappa shape index (κ3) is 4.42. The van der Waals surface area contributed by atoms with Crippen LogP contribution in [-0.4, -0.2) is 19.5 Å². The molecule has 2 aliphatic rings. The van der Waals surface area contributed by atoms with Crippen molar-refractivity contribution in [3.05, 3.63) is 229 Å². The summed E-state index contributed by atoms with van der Waals surface area (Å²) in [7, 11) is 0. The van der Waals surface area contributed by atoms with E-state index in [4.69, 9.17) is 15.0 Å². The van der Waals surface area contributed by atoms with Crippen LogP contribution in [0.3, 0.4) is 0 Å². The van der Waals surface area contributed by atoms with Gasteiger partial charge in [-0.1, -0.05) is 194 Å². The highest BCUT2D eigenvalue weighted by Gasteiger charge is 2.52. The number of rotatable bonds is 4. The fourth-order valence-electron chi connectivity index (χ4n) is 10.5. The van der Waals surface area contributed by atoms with Gasteiger partial charge >= 0.3 is 0 Å². The Labute approximate surface area is 346 Å². The van der Waals surface area contributed by atoms with Gasteiger partial charge in [0.15, 0.2) is 17.5 Å². The summed E-state index contributed by atoms with van der Waals surface area (Å²) in [5.41, 5.74) is 16.1. The minimum Gasteiger partial charge on any atom is -0.308 e. The first-order valence-electron chi connectivity index (χ1n) is 20.5. The summed E-state index contributed by atoms with van der Waals surface area (Å²) in [5, 5.41) is 4.60. The van der Waals surface area contributed by atoms with Gasteiger partial charge < -0.3 is 4.57 Å². The first-order valence-corrected chi connectivity index (χ1v) is 20.5. The zero-order valence-corrected chi connectivity index (χ0v) is 32.4. The zero-order chi connectivity index (χ0) is 39.4. The van der Waals surface area contributed by atoms with Crippen LogP contribution in [0.2, 0.25) is 0 Å². The minimum absolute atomic E-state index is 0.468. The van der Waals surface area contributed by atoms with Gasteiger partial charge in [-0.15, -0.1) is 0 Å². The minimum atomic E-state index is -0.468. The van der Waals surface area contributed by atoms with Crippen LogP contribution >= 0.6 is 0 Å². The number of nitrogens with zero attached hydrogens (tertiary/aromatic N) is 4. The average molecular weight is 763 g/mol. The van der Waals surface area contributed by atoms with Crippen molar-refractivity contribution >= 4 is 32.6 Å². The topological polar surface area (TPSA) is 43.6 Å². The van der Waals surface area contributed by atoms with E-state index in [1.165, 1.54) is 60.8 Å². The molecular weight excluding hydrogens is 729 g/mol. The molecule has 60 heavy (non-hydrogen) atoms. The summed E-state index contributed by atoms with van der Waals surface area (Å²) >= 11 is 0. The zero-order valence-electron chi connectivity index (χ0n) is 32.4. The number of fused-ring (bicyclic) bond motifs is 15. The average Bonchev–Trinajstić information content (AvgIpc) is 3.93. The molecule has 9 aromatic carbocycles. The van der Waals surface area contributed by atoms with Gasteiger partial charge in [-0.3, -0.25) is 0 Å². The molecule has 1 spiro atoms. The smallest absolute Gasteiger partial charge is 0.166 e. The maximum atomic E-state index is 5.36. The highest BCUT2D eigenvalue weighted by atomic mass is 15.1. The Kier molecular flexibility index (Phi) is 6.90. The fourth-order valence-corrected chi connectivity index (χ4v) is 10.5. The van der Waals surface area contributed by atoms with Crippen LogP contribution < -0.4 is 0 Å². The molecule has 4 nitrogen and oxygen atoms in total. The molecule has 13 rings (SSSR count). The molecule has 0 fully saturated rings. The predicted octanol–water partition coefficient (Wildman–Crippen LogP) is 13.5. The van der Waals surface area contributed by atoms with Crippen molar-refractivity contribution in [2.24, 2.45) is 0 Å². The molecule has 2 aromatic heterocycles. The molecule has 278 valence electrons. The van der Waals surface area contributed by atoms with Crippen molar-refractivity contribution in [2.45, 2.75) is 5.41 Å². The van der Waals surface area contributed by atoms with Crippen molar-refractivity contribution < 1.29 is 0 Å². The molecule has 0 amide bonds. The molecular formula is C56H34N4. The number of aromatic nitrogens is 4. The normalized spacial score (nSPS) is 13.1. The molecule has 0 bridgehead atoms. The largest absolute Gasteiger partial charge is 0.308 e. The summed E-state index contributed by atoms with van der Waals surface area (Å²) in [6.45, 7) is 0. The van der Waals surface area contributed by atoms with E-state index in [0.717, 1.165) is 38.7 Å². The van der Waals surface area contributed by atoms with Gasteiger partial charge in [0.05, 0.1) is 27.7 Å². The molecule has 0 atom stereocenters. The van der Waals surface area contributed by atoms with Crippen LogP contribution in [0.4, 0.5) is 0 Å². The van der Waals surface area contributed by atoms with E-state index >= 15 is 0 Å². The van der Waals surface area contributed by atoms with Gasteiger partial charge in [-0.05, 0) is 61.8 Å². The Morgan fingerprint density at radius 3 is 1.52 bits per heavy atom. The summed E-state index contributed by atoms with van der Waals surface area (Å²) < 4.78 is 2.50. The van der Waals surface area contributed by atoms with Crippen molar-refractivity contribution in [3.63, 3.8) is 0 Å². The lowest BCUT2D eigenvalue weighted by Crippen LogP contribution is -2.25. The van der Waals surface area contributed by atoms with Crippen molar-refractivity contribution in [1.29, 1.82) is 0 Å². The molecule has 0 saturated heterocycles. The van der Waals surface area contributed by atoms with Crippen LogP contribution in [-0.2, 0) is 5.41 Å². The summed E-state index contributed by atoms with van der Waals surface area (Å²) in [4.78, 5) is 15.8. The SMILES string of the molecule is c1ccc(-c2nc(-c3ccccc3)nc(-c3c(-n4c5ccccc5c5ccc6c(c54)-c4ccccc4C64c5ccccc5-c5ccccc54)ccc4ccccc34)n2)cc1. The second-order valence-electron chi connectivity index (χ2n) is 15.8.